The molecule has 3 heterocycles. The van der Waals surface area contributed by atoms with Crippen LogP contribution >= 0.6 is 0 Å². The summed E-state index contributed by atoms with van der Waals surface area (Å²) in [5, 5.41) is 4.39. The molecule has 0 radical (unpaired) electrons. The van der Waals surface area contributed by atoms with Gasteiger partial charge in [0.1, 0.15) is 0 Å². The van der Waals surface area contributed by atoms with Gasteiger partial charge in [-0.15, -0.1) is 0 Å². The molecule has 0 bridgehead atoms. The standard InChI is InChI=1S/C22H28N4O2/c27-21(9-8-18-16-23-26(17-18)20-6-2-1-3-7-20)24-14-10-19(11-15-24)22(28)25-12-4-5-13-25/h1-3,6-7,16-17,19H,4-5,8-15H2. The van der Waals surface area contributed by atoms with Crippen molar-refractivity contribution in [3.63, 3.8) is 0 Å². The number of para-hydroxylation sites is 1. The molecule has 6 heteroatoms. The monoisotopic (exact) mass is 380 g/mol. The van der Waals surface area contributed by atoms with Crippen LogP contribution in [0.3, 0.4) is 0 Å². The lowest BCUT2D eigenvalue weighted by Crippen LogP contribution is -2.43. The van der Waals surface area contributed by atoms with Crippen LogP contribution in [0.25, 0.3) is 5.69 Å². The molecule has 2 fully saturated rings. The minimum Gasteiger partial charge on any atom is -0.343 e. The van der Waals surface area contributed by atoms with Crippen molar-refractivity contribution >= 4 is 11.8 Å². The van der Waals surface area contributed by atoms with Crippen molar-refractivity contribution in [1.82, 2.24) is 19.6 Å². The van der Waals surface area contributed by atoms with E-state index in [0.29, 0.717) is 31.8 Å². The smallest absolute Gasteiger partial charge is 0.225 e. The van der Waals surface area contributed by atoms with Gasteiger partial charge in [-0.2, -0.15) is 5.10 Å². The molecule has 1 aromatic heterocycles. The van der Waals surface area contributed by atoms with Crippen LogP contribution in [0.15, 0.2) is 42.7 Å². The molecule has 2 amide bonds. The second-order valence-corrected chi connectivity index (χ2v) is 7.82. The Labute approximate surface area is 166 Å². The zero-order valence-corrected chi connectivity index (χ0v) is 16.3. The van der Waals surface area contributed by atoms with Crippen LogP contribution in [0.4, 0.5) is 0 Å². The van der Waals surface area contributed by atoms with Crippen LogP contribution in [0, 0.1) is 5.92 Å². The van der Waals surface area contributed by atoms with Gasteiger partial charge >= 0.3 is 0 Å². The first-order valence-electron chi connectivity index (χ1n) is 10.4. The van der Waals surface area contributed by atoms with E-state index >= 15 is 0 Å². The first-order chi connectivity index (χ1) is 13.7. The fraction of sp³-hybridized carbons (Fsp3) is 0.500. The predicted molar refractivity (Wildman–Crippen MR) is 107 cm³/mol. The highest BCUT2D eigenvalue weighted by atomic mass is 16.2. The summed E-state index contributed by atoms with van der Waals surface area (Å²) in [6.07, 6.45) is 8.86. The molecule has 0 saturated carbocycles. The summed E-state index contributed by atoms with van der Waals surface area (Å²) < 4.78 is 1.84. The molecular formula is C22H28N4O2. The number of carbonyl (C=O) groups is 2. The molecule has 2 aliphatic heterocycles. The van der Waals surface area contributed by atoms with Crippen molar-refractivity contribution in [2.24, 2.45) is 5.92 Å². The Kier molecular flexibility index (Phi) is 5.74. The van der Waals surface area contributed by atoms with Crippen molar-refractivity contribution in [1.29, 1.82) is 0 Å². The third kappa shape index (κ3) is 4.26. The van der Waals surface area contributed by atoms with Crippen LogP contribution in [0.1, 0.15) is 37.7 Å². The minimum atomic E-state index is 0.103. The van der Waals surface area contributed by atoms with Crippen LogP contribution in [0.2, 0.25) is 0 Å². The fourth-order valence-corrected chi connectivity index (χ4v) is 4.19. The summed E-state index contributed by atoms with van der Waals surface area (Å²) in [6.45, 7) is 3.22. The number of amides is 2. The number of carbonyl (C=O) groups excluding carboxylic acids is 2. The summed E-state index contributed by atoms with van der Waals surface area (Å²) in [5.74, 6) is 0.587. The first kappa shape index (κ1) is 18.7. The van der Waals surface area contributed by atoms with E-state index in [9.17, 15) is 9.59 Å². The molecule has 6 nitrogen and oxygen atoms in total. The van der Waals surface area contributed by atoms with Gasteiger partial charge in [-0.05, 0) is 49.8 Å². The molecular weight excluding hydrogens is 352 g/mol. The van der Waals surface area contributed by atoms with Crippen LogP contribution in [0.5, 0.6) is 0 Å². The van der Waals surface area contributed by atoms with Gasteiger partial charge < -0.3 is 9.80 Å². The highest BCUT2D eigenvalue weighted by Crippen LogP contribution is 2.22. The SMILES string of the molecule is O=C(CCc1cnn(-c2ccccc2)c1)N1CCC(C(=O)N2CCCC2)CC1. The van der Waals surface area contributed by atoms with E-state index in [1.54, 1.807) is 0 Å². The fourth-order valence-electron chi connectivity index (χ4n) is 4.19. The Hall–Kier alpha value is -2.63. The molecule has 2 aliphatic rings. The average Bonchev–Trinajstić information content (AvgIpc) is 3.44. The summed E-state index contributed by atoms with van der Waals surface area (Å²) in [6, 6.07) is 9.97. The van der Waals surface area contributed by atoms with E-state index < -0.39 is 0 Å². The molecule has 28 heavy (non-hydrogen) atoms. The largest absolute Gasteiger partial charge is 0.343 e. The summed E-state index contributed by atoms with van der Waals surface area (Å²) in [4.78, 5) is 29.0. The summed E-state index contributed by atoms with van der Waals surface area (Å²) in [5.41, 5.74) is 2.08. The quantitative estimate of drug-likeness (QED) is 0.801. The molecule has 148 valence electrons. The zero-order chi connectivity index (χ0) is 19.3. The van der Waals surface area contributed by atoms with Gasteiger partial charge in [-0.1, -0.05) is 18.2 Å². The number of aromatic nitrogens is 2. The molecule has 2 aromatic rings. The van der Waals surface area contributed by atoms with E-state index in [0.717, 1.165) is 50.0 Å². The number of rotatable bonds is 5. The average molecular weight is 380 g/mol. The van der Waals surface area contributed by atoms with Crippen molar-refractivity contribution in [3.05, 3.63) is 48.3 Å². The highest BCUT2D eigenvalue weighted by molar-refractivity contribution is 5.80. The van der Waals surface area contributed by atoms with Crippen molar-refractivity contribution in [2.45, 2.75) is 38.5 Å². The number of piperidine rings is 1. The van der Waals surface area contributed by atoms with Crippen LogP contribution in [-0.2, 0) is 16.0 Å². The Bertz CT molecular complexity index is 803. The van der Waals surface area contributed by atoms with Gasteiger partial charge in [0, 0.05) is 44.7 Å². The van der Waals surface area contributed by atoms with Gasteiger partial charge in [-0.3, -0.25) is 9.59 Å². The Morgan fingerprint density at radius 2 is 1.68 bits per heavy atom. The molecule has 1 aromatic carbocycles. The maximum absolute atomic E-state index is 12.6. The Balaban J connectivity index is 1.24. The van der Waals surface area contributed by atoms with E-state index in [1.165, 1.54) is 0 Å². The van der Waals surface area contributed by atoms with E-state index in [1.807, 2.05) is 57.2 Å². The third-order valence-corrected chi connectivity index (χ3v) is 5.90. The maximum atomic E-state index is 12.6. The van der Waals surface area contributed by atoms with Crippen LogP contribution in [-0.4, -0.2) is 57.6 Å². The van der Waals surface area contributed by atoms with Crippen molar-refractivity contribution in [3.8, 4) is 5.69 Å². The number of nitrogens with zero attached hydrogens (tertiary/aromatic N) is 4. The molecule has 2 saturated heterocycles. The first-order valence-corrected chi connectivity index (χ1v) is 10.4. The minimum absolute atomic E-state index is 0.103. The predicted octanol–water partition coefficient (Wildman–Crippen LogP) is 2.67. The number of hydrogen-bond donors (Lipinski definition) is 0. The topological polar surface area (TPSA) is 58.4 Å². The second-order valence-electron chi connectivity index (χ2n) is 7.82. The number of hydrogen-bond acceptors (Lipinski definition) is 3. The number of aryl methyl sites for hydroxylation is 1. The number of benzene rings is 1. The summed E-state index contributed by atoms with van der Waals surface area (Å²) in [7, 11) is 0. The third-order valence-electron chi connectivity index (χ3n) is 5.90. The van der Waals surface area contributed by atoms with E-state index in [4.69, 9.17) is 0 Å². The number of likely N-dealkylation sites (tertiary alicyclic amines) is 2. The van der Waals surface area contributed by atoms with Crippen molar-refractivity contribution < 1.29 is 9.59 Å². The van der Waals surface area contributed by atoms with Gasteiger partial charge in [0.15, 0.2) is 0 Å². The van der Waals surface area contributed by atoms with Gasteiger partial charge in [-0.25, -0.2) is 4.68 Å². The molecule has 4 rings (SSSR count). The van der Waals surface area contributed by atoms with E-state index in [-0.39, 0.29) is 11.8 Å². The Morgan fingerprint density at radius 1 is 0.964 bits per heavy atom. The molecule has 0 aliphatic carbocycles. The lowest BCUT2D eigenvalue weighted by Gasteiger charge is -2.33. The Morgan fingerprint density at radius 3 is 2.39 bits per heavy atom. The lowest BCUT2D eigenvalue weighted by molar-refractivity contribution is -0.140. The highest BCUT2D eigenvalue weighted by Gasteiger charge is 2.31. The van der Waals surface area contributed by atoms with Gasteiger partial charge in [0.2, 0.25) is 11.8 Å². The van der Waals surface area contributed by atoms with Crippen LogP contribution < -0.4 is 0 Å². The summed E-state index contributed by atoms with van der Waals surface area (Å²) >= 11 is 0. The second kappa shape index (κ2) is 8.59. The van der Waals surface area contributed by atoms with Crippen molar-refractivity contribution in [2.75, 3.05) is 26.2 Å². The van der Waals surface area contributed by atoms with E-state index in [2.05, 4.69) is 5.10 Å². The zero-order valence-electron chi connectivity index (χ0n) is 16.3. The molecule has 0 spiro atoms. The maximum Gasteiger partial charge on any atom is 0.225 e. The lowest BCUT2D eigenvalue weighted by atomic mass is 9.95. The molecule has 0 unspecified atom stereocenters. The van der Waals surface area contributed by atoms with Gasteiger partial charge in [0.05, 0.1) is 11.9 Å². The normalized spacial score (nSPS) is 17.9. The molecule has 0 N–H and O–H groups in total. The molecule has 0 atom stereocenters. The van der Waals surface area contributed by atoms with Gasteiger partial charge in [0.25, 0.3) is 0 Å².